The number of carbonyl (C=O) groups is 2. The zero-order valence-corrected chi connectivity index (χ0v) is 13.0. The second kappa shape index (κ2) is 5.93. The Hall–Kier alpha value is -1.93. The minimum Gasteiger partial charge on any atom is -0.365 e. The number of hydrogen-bond acceptors (Lipinski definition) is 5. The van der Waals surface area contributed by atoms with E-state index in [2.05, 4.69) is 15.3 Å². The summed E-state index contributed by atoms with van der Waals surface area (Å²) in [4.78, 5) is 26.9. The molecule has 2 amide bonds. The standard InChI is InChI=1S/C15H21N5O3/c21-14-10-23-13(5-16-14)9-18-6-12(7-18)20-8-11(4-17-20)19-3-1-2-15(19)22/h4,8,12-13H,1-3,5-7,9-10H2,(H,16,21). The first-order chi connectivity index (χ1) is 11.2. The zero-order valence-electron chi connectivity index (χ0n) is 13.0. The molecular weight excluding hydrogens is 298 g/mol. The smallest absolute Gasteiger partial charge is 0.246 e. The maximum absolute atomic E-state index is 11.8. The molecule has 0 spiro atoms. The molecular formula is C15H21N5O3. The summed E-state index contributed by atoms with van der Waals surface area (Å²) < 4.78 is 7.46. The van der Waals surface area contributed by atoms with Crippen molar-refractivity contribution in [3.8, 4) is 0 Å². The van der Waals surface area contributed by atoms with E-state index in [-0.39, 0.29) is 24.5 Å². The fourth-order valence-electron chi connectivity index (χ4n) is 3.38. The molecule has 0 aliphatic carbocycles. The topological polar surface area (TPSA) is 79.7 Å². The number of hydrogen-bond donors (Lipinski definition) is 1. The van der Waals surface area contributed by atoms with Gasteiger partial charge in [0.15, 0.2) is 0 Å². The summed E-state index contributed by atoms with van der Waals surface area (Å²) in [6.07, 6.45) is 5.40. The quantitative estimate of drug-likeness (QED) is 0.800. The first-order valence-electron chi connectivity index (χ1n) is 8.14. The molecule has 4 rings (SSSR count). The van der Waals surface area contributed by atoms with Gasteiger partial charge in [0.2, 0.25) is 11.8 Å². The molecule has 3 aliphatic rings. The van der Waals surface area contributed by atoms with Gasteiger partial charge in [-0.1, -0.05) is 0 Å². The van der Waals surface area contributed by atoms with Crippen LogP contribution in [0.2, 0.25) is 0 Å². The third-order valence-electron chi connectivity index (χ3n) is 4.72. The van der Waals surface area contributed by atoms with E-state index in [0.29, 0.717) is 19.0 Å². The SMILES string of the molecule is O=C1COC(CN2CC(n3cc(N4CCCC4=O)cn3)C2)CN1. The molecule has 8 heteroatoms. The molecule has 23 heavy (non-hydrogen) atoms. The van der Waals surface area contributed by atoms with E-state index in [1.165, 1.54) is 0 Å². The third-order valence-corrected chi connectivity index (χ3v) is 4.72. The Balaban J connectivity index is 1.28. The Morgan fingerprint density at radius 1 is 1.35 bits per heavy atom. The van der Waals surface area contributed by atoms with Gasteiger partial charge in [-0.15, -0.1) is 0 Å². The van der Waals surface area contributed by atoms with E-state index in [1.54, 1.807) is 6.20 Å². The molecule has 1 unspecified atom stereocenters. The molecule has 8 nitrogen and oxygen atoms in total. The van der Waals surface area contributed by atoms with E-state index < -0.39 is 0 Å². The fraction of sp³-hybridized carbons (Fsp3) is 0.667. The summed E-state index contributed by atoms with van der Waals surface area (Å²) in [5, 5.41) is 7.24. The molecule has 4 heterocycles. The highest BCUT2D eigenvalue weighted by atomic mass is 16.5. The van der Waals surface area contributed by atoms with E-state index in [4.69, 9.17) is 4.74 Å². The van der Waals surface area contributed by atoms with Gasteiger partial charge >= 0.3 is 0 Å². The normalized spacial score (nSPS) is 26.4. The van der Waals surface area contributed by atoms with Crippen LogP contribution in [0.3, 0.4) is 0 Å². The lowest BCUT2D eigenvalue weighted by atomic mass is 10.1. The van der Waals surface area contributed by atoms with Crippen LogP contribution in [0.5, 0.6) is 0 Å². The molecule has 3 fully saturated rings. The van der Waals surface area contributed by atoms with Gasteiger partial charge in [-0.3, -0.25) is 19.2 Å². The van der Waals surface area contributed by atoms with Crippen molar-refractivity contribution in [2.24, 2.45) is 0 Å². The number of anilines is 1. The minimum absolute atomic E-state index is 0.0386. The van der Waals surface area contributed by atoms with Crippen molar-refractivity contribution in [1.82, 2.24) is 20.0 Å². The van der Waals surface area contributed by atoms with Crippen LogP contribution in [0.1, 0.15) is 18.9 Å². The van der Waals surface area contributed by atoms with Crippen LogP contribution in [0.25, 0.3) is 0 Å². The molecule has 0 radical (unpaired) electrons. The molecule has 1 aromatic rings. The van der Waals surface area contributed by atoms with Gasteiger partial charge in [0.25, 0.3) is 0 Å². The average molecular weight is 319 g/mol. The van der Waals surface area contributed by atoms with Crippen molar-refractivity contribution >= 4 is 17.5 Å². The number of ether oxygens (including phenoxy) is 1. The zero-order chi connectivity index (χ0) is 15.8. The Bertz CT molecular complexity index is 600. The summed E-state index contributed by atoms with van der Waals surface area (Å²) in [5.74, 6) is 0.152. The number of morpholine rings is 1. The highest BCUT2D eigenvalue weighted by molar-refractivity contribution is 5.95. The molecule has 3 saturated heterocycles. The molecule has 0 aromatic carbocycles. The van der Waals surface area contributed by atoms with Crippen LogP contribution >= 0.6 is 0 Å². The minimum atomic E-state index is -0.0386. The number of likely N-dealkylation sites (tertiary alicyclic amines) is 1. The van der Waals surface area contributed by atoms with E-state index >= 15 is 0 Å². The van der Waals surface area contributed by atoms with Crippen molar-refractivity contribution < 1.29 is 14.3 Å². The molecule has 1 N–H and O–H groups in total. The second-order valence-corrected chi connectivity index (χ2v) is 6.44. The maximum atomic E-state index is 11.8. The number of amides is 2. The number of nitrogens with zero attached hydrogens (tertiary/aromatic N) is 4. The van der Waals surface area contributed by atoms with Crippen LogP contribution < -0.4 is 10.2 Å². The summed E-state index contributed by atoms with van der Waals surface area (Å²) in [6.45, 7) is 4.21. The fourth-order valence-corrected chi connectivity index (χ4v) is 3.38. The lowest BCUT2D eigenvalue weighted by Crippen LogP contribution is -2.54. The Kier molecular flexibility index (Phi) is 3.78. The van der Waals surface area contributed by atoms with Crippen molar-refractivity contribution in [3.63, 3.8) is 0 Å². The van der Waals surface area contributed by atoms with Crippen molar-refractivity contribution in [2.45, 2.75) is 25.0 Å². The van der Waals surface area contributed by atoms with Gasteiger partial charge in [0.1, 0.15) is 6.61 Å². The number of nitrogens with one attached hydrogen (secondary N) is 1. The van der Waals surface area contributed by atoms with Gasteiger partial charge in [-0.2, -0.15) is 5.10 Å². The van der Waals surface area contributed by atoms with E-state index in [0.717, 1.165) is 38.3 Å². The Morgan fingerprint density at radius 3 is 2.91 bits per heavy atom. The first-order valence-corrected chi connectivity index (χ1v) is 8.14. The highest BCUT2D eigenvalue weighted by Crippen LogP contribution is 2.25. The Labute approximate surface area is 134 Å². The monoisotopic (exact) mass is 319 g/mol. The predicted molar refractivity (Wildman–Crippen MR) is 82.0 cm³/mol. The molecule has 3 aliphatic heterocycles. The van der Waals surface area contributed by atoms with Crippen molar-refractivity contribution in [3.05, 3.63) is 12.4 Å². The number of rotatable bonds is 4. The highest BCUT2D eigenvalue weighted by Gasteiger charge is 2.32. The van der Waals surface area contributed by atoms with Crippen molar-refractivity contribution in [2.75, 3.05) is 44.2 Å². The molecule has 1 atom stereocenters. The van der Waals surface area contributed by atoms with Gasteiger partial charge in [0.05, 0.1) is 24.0 Å². The molecule has 0 bridgehead atoms. The van der Waals surface area contributed by atoms with Crippen LogP contribution in [0.4, 0.5) is 5.69 Å². The number of aromatic nitrogens is 2. The van der Waals surface area contributed by atoms with E-state index in [9.17, 15) is 9.59 Å². The summed E-state index contributed by atoms with van der Waals surface area (Å²) in [7, 11) is 0. The summed E-state index contributed by atoms with van der Waals surface area (Å²) in [6, 6.07) is 0.347. The van der Waals surface area contributed by atoms with Gasteiger partial charge < -0.3 is 15.0 Å². The molecule has 0 saturated carbocycles. The number of carbonyl (C=O) groups excluding carboxylic acids is 2. The van der Waals surface area contributed by atoms with Gasteiger partial charge in [0, 0.05) is 45.3 Å². The lowest BCUT2D eigenvalue weighted by Gasteiger charge is -2.41. The van der Waals surface area contributed by atoms with Gasteiger partial charge in [-0.25, -0.2) is 0 Å². The van der Waals surface area contributed by atoms with E-state index in [1.807, 2.05) is 15.8 Å². The van der Waals surface area contributed by atoms with Crippen LogP contribution in [0, 0.1) is 0 Å². The first kappa shape index (κ1) is 14.6. The van der Waals surface area contributed by atoms with Crippen LogP contribution in [-0.4, -0.2) is 71.9 Å². The van der Waals surface area contributed by atoms with Gasteiger partial charge in [-0.05, 0) is 6.42 Å². The Morgan fingerprint density at radius 2 is 2.22 bits per heavy atom. The lowest BCUT2D eigenvalue weighted by molar-refractivity contribution is -0.134. The predicted octanol–water partition coefficient (Wildman–Crippen LogP) is -0.618. The maximum Gasteiger partial charge on any atom is 0.246 e. The van der Waals surface area contributed by atoms with Crippen LogP contribution in [0.15, 0.2) is 12.4 Å². The summed E-state index contributed by atoms with van der Waals surface area (Å²) in [5.41, 5.74) is 0.907. The third kappa shape index (κ3) is 2.96. The molecule has 1 aromatic heterocycles. The largest absolute Gasteiger partial charge is 0.365 e. The second-order valence-electron chi connectivity index (χ2n) is 6.44. The van der Waals surface area contributed by atoms with Crippen LogP contribution in [-0.2, 0) is 14.3 Å². The molecule has 124 valence electrons. The van der Waals surface area contributed by atoms with Crippen molar-refractivity contribution in [1.29, 1.82) is 0 Å². The summed E-state index contributed by atoms with van der Waals surface area (Å²) >= 11 is 0. The average Bonchev–Trinajstić information content (AvgIpc) is 3.13.